The summed E-state index contributed by atoms with van der Waals surface area (Å²) in [5, 5.41) is 4.34. The molecule has 0 amide bonds. The normalized spacial score (nSPS) is 11.2. The van der Waals surface area contributed by atoms with Crippen LogP contribution in [0.5, 0.6) is 11.5 Å². The fourth-order valence-electron chi connectivity index (χ4n) is 2.69. The Hall–Kier alpha value is -2.48. The van der Waals surface area contributed by atoms with Crippen molar-refractivity contribution in [2.24, 2.45) is 0 Å². The molecule has 3 rings (SSSR count). The van der Waals surface area contributed by atoms with Gasteiger partial charge < -0.3 is 14.8 Å². The van der Waals surface area contributed by atoms with Gasteiger partial charge in [0.05, 0.1) is 12.5 Å². The van der Waals surface area contributed by atoms with Gasteiger partial charge in [-0.1, -0.05) is 6.07 Å². The van der Waals surface area contributed by atoms with Crippen molar-refractivity contribution in [3.63, 3.8) is 0 Å². The Morgan fingerprint density at radius 2 is 1.92 bits per heavy atom. The van der Waals surface area contributed by atoms with Crippen molar-refractivity contribution in [1.29, 1.82) is 0 Å². The lowest BCUT2D eigenvalue weighted by molar-refractivity contribution is -0.0512. The average molecular weight is 379 g/mol. The topological polar surface area (TPSA) is 56.3 Å². The number of benzene rings is 1. The number of fused-ring (bicyclic) bond motifs is 1. The van der Waals surface area contributed by atoms with Crippen molar-refractivity contribution in [2.75, 3.05) is 12.4 Å². The Labute approximate surface area is 154 Å². The molecular formula is C18H19F2N3O2S. The van der Waals surface area contributed by atoms with Crippen LogP contribution < -0.4 is 14.8 Å². The van der Waals surface area contributed by atoms with E-state index in [-0.39, 0.29) is 11.5 Å². The average Bonchev–Trinajstić information content (AvgIpc) is 2.87. The number of methoxy groups -OCH3 is 1. The fraction of sp³-hybridized carbons (Fsp3) is 0.333. The second-order valence-electron chi connectivity index (χ2n) is 5.80. The van der Waals surface area contributed by atoms with Gasteiger partial charge in [-0.25, -0.2) is 9.97 Å². The molecule has 0 radical (unpaired) electrons. The van der Waals surface area contributed by atoms with Crippen molar-refractivity contribution >= 4 is 27.4 Å². The van der Waals surface area contributed by atoms with Gasteiger partial charge >= 0.3 is 6.61 Å². The number of nitrogens with zero attached hydrogens (tertiary/aromatic N) is 2. The summed E-state index contributed by atoms with van der Waals surface area (Å²) in [6, 6.07) is 4.86. The molecule has 0 saturated carbocycles. The Bertz CT molecular complexity index is 944. The van der Waals surface area contributed by atoms with Gasteiger partial charge in [-0.2, -0.15) is 8.78 Å². The minimum absolute atomic E-state index is 0.0100. The minimum atomic E-state index is -2.89. The van der Waals surface area contributed by atoms with E-state index in [9.17, 15) is 8.78 Å². The number of rotatable bonds is 6. The first-order valence-corrected chi connectivity index (χ1v) is 8.80. The van der Waals surface area contributed by atoms with Gasteiger partial charge in [0.2, 0.25) is 0 Å². The first kappa shape index (κ1) is 18.3. The third kappa shape index (κ3) is 3.70. The third-order valence-electron chi connectivity index (χ3n) is 4.04. The predicted octanol–water partition coefficient (Wildman–Crippen LogP) is 4.84. The molecule has 0 spiro atoms. The number of hydrogen-bond acceptors (Lipinski definition) is 6. The van der Waals surface area contributed by atoms with Crippen LogP contribution >= 0.6 is 11.3 Å². The van der Waals surface area contributed by atoms with Crippen LogP contribution in [0.2, 0.25) is 0 Å². The highest BCUT2D eigenvalue weighted by atomic mass is 32.1. The molecule has 26 heavy (non-hydrogen) atoms. The van der Waals surface area contributed by atoms with E-state index >= 15 is 0 Å². The zero-order valence-electron chi connectivity index (χ0n) is 14.9. The van der Waals surface area contributed by atoms with E-state index in [0.29, 0.717) is 12.4 Å². The van der Waals surface area contributed by atoms with Crippen molar-refractivity contribution in [1.82, 2.24) is 9.97 Å². The summed E-state index contributed by atoms with van der Waals surface area (Å²) in [7, 11) is 1.42. The van der Waals surface area contributed by atoms with Crippen LogP contribution in [0.15, 0.2) is 18.2 Å². The predicted molar refractivity (Wildman–Crippen MR) is 98.6 cm³/mol. The molecule has 0 aliphatic rings. The zero-order valence-corrected chi connectivity index (χ0v) is 15.7. The van der Waals surface area contributed by atoms with Gasteiger partial charge in [-0.05, 0) is 44.0 Å². The quantitative estimate of drug-likeness (QED) is 0.664. The Morgan fingerprint density at radius 3 is 2.62 bits per heavy atom. The lowest BCUT2D eigenvalue weighted by Crippen LogP contribution is -2.06. The highest BCUT2D eigenvalue weighted by Crippen LogP contribution is 2.34. The fourth-order valence-corrected chi connectivity index (χ4v) is 3.76. The van der Waals surface area contributed by atoms with Gasteiger partial charge in [0, 0.05) is 11.4 Å². The first-order chi connectivity index (χ1) is 12.4. The molecule has 1 N–H and O–H groups in total. The number of thiophene rings is 1. The number of nitrogens with one attached hydrogen (secondary N) is 1. The van der Waals surface area contributed by atoms with Gasteiger partial charge in [0.25, 0.3) is 0 Å². The lowest BCUT2D eigenvalue weighted by atomic mass is 10.2. The van der Waals surface area contributed by atoms with E-state index < -0.39 is 6.61 Å². The number of anilines is 1. The molecule has 0 atom stereocenters. The SMILES string of the molecule is COc1cc(CNc2nc(C)nc3sc(C)c(C)c23)ccc1OC(F)F. The first-order valence-electron chi connectivity index (χ1n) is 7.99. The molecule has 1 aromatic carbocycles. The maximum absolute atomic E-state index is 12.4. The molecule has 0 unspecified atom stereocenters. The number of hydrogen-bond donors (Lipinski definition) is 1. The highest BCUT2D eigenvalue weighted by molar-refractivity contribution is 7.18. The zero-order chi connectivity index (χ0) is 18.8. The van der Waals surface area contributed by atoms with Crippen LogP contribution in [-0.2, 0) is 6.54 Å². The van der Waals surface area contributed by atoms with Crippen LogP contribution in [0.4, 0.5) is 14.6 Å². The van der Waals surface area contributed by atoms with Crippen LogP contribution in [0.25, 0.3) is 10.2 Å². The summed E-state index contributed by atoms with van der Waals surface area (Å²) in [6.07, 6.45) is 0. The molecule has 0 aliphatic carbocycles. The Kier molecular flexibility index (Phi) is 5.22. The van der Waals surface area contributed by atoms with Crippen molar-refractivity contribution in [3.8, 4) is 11.5 Å². The minimum Gasteiger partial charge on any atom is -0.493 e. The largest absolute Gasteiger partial charge is 0.493 e. The summed E-state index contributed by atoms with van der Waals surface area (Å²) < 4.78 is 34.4. The van der Waals surface area contributed by atoms with Crippen LogP contribution in [0.3, 0.4) is 0 Å². The second kappa shape index (κ2) is 7.41. The second-order valence-corrected chi connectivity index (χ2v) is 7.00. The van der Waals surface area contributed by atoms with Crippen LogP contribution in [-0.4, -0.2) is 23.7 Å². The van der Waals surface area contributed by atoms with Crippen molar-refractivity contribution in [2.45, 2.75) is 33.9 Å². The molecule has 0 fully saturated rings. The molecule has 138 valence electrons. The van der Waals surface area contributed by atoms with Gasteiger partial charge in [-0.15, -0.1) is 11.3 Å². The van der Waals surface area contributed by atoms with Crippen molar-refractivity contribution < 1.29 is 18.3 Å². The molecule has 5 nitrogen and oxygen atoms in total. The maximum Gasteiger partial charge on any atom is 0.387 e. The molecule has 3 aromatic rings. The molecule has 0 aliphatic heterocycles. The van der Waals surface area contributed by atoms with Crippen LogP contribution in [0, 0.1) is 20.8 Å². The van der Waals surface area contributed by atoms with Crippen molar-refractivity contribution in [3.05, 3.63) is 40.0 Å². The number of halogens is 2. The van der Waals surface area contributed by atoms with E-state index in [2.05, 4.69) is 33.9 Å². The monoisotopic (exact) mass is 379 g/mol. The van der Waals surface area contributed by atoms with E-state index in [0.717, 1.165) is 27.2 Å². The summed E-state index contributed by atoms with van der Waals surface area (Å²) in [6.45, 7) is 3.54. The van der Waals surface area contributed by atoms with E-state index in [1.54, 1.807) is 23.5 Å². The highest BCUT2D eigenvalue weighted by Gasteiger charge is 2.14. The molecule has 8 heteroatoms. The van der Waals surface area contributed by atoms with Crippen LogP contribution in [0.1, 0.15) is 21.8 Å². The molecule has 0 bridgehead atoms. The smallest absolute Gasteiger partial charge is 0.387 e. The summed E-state index contributed by atoms with van der Waals surface area (Å²) >= 11 is 1.64. The molecule has 0 saturated heterocycles. The molecular weight excluding hydrogens is 360 g/mol. The third-order valence-corrected chi connectivity index (χ3v) is 5.15. The van der Waals surface area contributed by atoms with E-state index in [4.69, 9.17) is 4.74 Å². The Balaban J connectivity index is 1.86. The maximum atomic E-state index is 12.4. The van der Waals surface area contributed by atoms with Gasteiger partial charge in [-0.3, -0.25) is 0 Å². The number of aryl methyl sites for hydroxylation is 3. The van der Waals surface area contributed by atoms with Gasteiger partial charge in [0.15, 0.2) is 11.5 Å². The number of aromatic nitrogens is 2. The Morgan fingerprint density at radius 1 is 1.15 bits per heavy atom. The number of ether oxygens (including phenoxy) is 2. The standard InChI is InChI=1S/C18H19F2N3O2S/c1-9-10(2)26-17-15(9)16(22-11(3)23-17)21-8-12-5-6-13(25-18(19)20)14(7-12)24-4/h5-7,18H,8H2,1-4H3,(H,21,22,23). The number of alkyl halides is 2. The summed E-state index contributed by atoms with van der Waals surface area (Å²) in [4.78, 5) is 11.2. The van der Waals surface area contributed by atoms with E-state index in [1.807, 2.05) is 6.92 Å². The molecule has 2 aromatic heterocycles. The van der Waals surface area contributed by atoms with Gasteiger partial charge in [0.1, 0.15) is 16.5 Å². The summed E-state index contributed by atoms with van der Waals surface area (Å²) in [5.41, 5.74) is 2.02. The lowest BCUT2D eigenvalue weighted by Gasteiger charge is -2.13. The summed E-state index contributed by atoms with van der Waals surface area (Å²) in [5.74, 6) is 1.73. The molecule has 2 heterocycles. The van der Waals surface area contributed by atoms with E-state index in [1.165, 1.54) is 18.1 Å².